The second-order valence-electron chi connectivity index (χ2n) is 6.76. The molecule has 0 atom stereocenters. The number of halogens is 2. The summed E-state index contributed by atoms with van der Waals surface area (Å²) in [5, 5.41) is 1.38. The third-order valence-electron chi connectivity index (χ3n) is 4.82. The summed E-state index contributed by atoms with van der Waals surface area (Å²) in [7, 11) is 0. The maximum atomic E-state index is 14.3. The van der Waals surface area contributed by atoms with Crippen molar-refractivity contribution in [3.63, 3.8) is 0 Å². The topological polar surface area (TPSA) is 25.2 Å². The molecule has 1 amide bonds. The number of thioether (sulfide) groups is 1. The smallest absolute Gasteiger partial charge is 0.266 e. The molecule has 1 aromatic heterocycles. The number of hydrogen-bond donors (Lipinski definition) is 0. The fourth-order valence-corrected chi connectivity index (χ4v) is 4.95. The first-order valence-corrected chi connectivity index (χ1v) is 10.9. The van der Waals surface area contributed by atoms with Gasteiger partial charge in [0.2, 0.25) is 0 Å². The number of carbonyl (C=O) groups is 1. The van der Waals surface area contributed by atoms with Gasteiger partial charge in [0.15, 0.2) is 0 Å². The Morgan fingerprint density at radius 3 is 2.76 bits per heavy atom. The van der Waals surface area contributed by atoms with Crippen LogP contribution in [0, 0.1) is 5.82 Å². The standard InChI is InChI=1S/C22H18ClFN2OS2/c1-2-10-26-21(27)20(29-22(26)28)11-14-12-25(19-9-4-3-6-15(14)19)13-16-17(23)7-5-8-18(16)24/h3-9,11-12H,2,10,13H2,1H3/b20-11-. The van der Waals surface area contributed by atoms with Crippen LogP contribution in [0.25, 0.3) is 17.0 Å². The van der Waals surface area contributed by atoms with Crippen LogP contribution < -0.4 is 0 Å². The summed E-state index contributed by atoms with van der Waals surface area (Å²) in [5.41, 5.74) is 2.28. The summed E-state index contributed by atoms with van der Waals surface area (Å²) in [5.74, 6) is -0.395. The van der Waals surface area contributed by atoms with Crippen LogP contribution in [0.4, 0.5) is 4.39 Å². The average Bonchev–Trinajstić information content (AvgIpc) is 3.18. The highest BCUT2D eigenvalue weighted by Gasteiger charge is 2.31. The van der Waals surface area contributed by atoms with Gasteiger partial charge in [-0.1, -0.05) is 66.8 Å². The molecule has 3 aromatic rings. The van der Waals surface area contributed by atoms with Crippen LogP contribution in [0.5, 0.6) is 0 Å². The van der Waals surface area contributed by atoms with Gasteiger partial charge in [0.25, 0.3) is 5.91 Å². The molecular weight excluding hydrogens is 427 g/mol. The molecule has 0 radical (unpaired) electrons. The summed E-state index contributed by atoms with van der Waals surface area (Å²) in [6.45, 7) is 2.94. The minimum atomic E-state index is -0.336. The monoisotopic (exact) mass is 444 g/mol. The van der Waals surface area contributed by atoms with Crippen LogP contribution in [-0.2, 0) is 11.3 Å². The van der Waals surface area contributed by atoms with Crippen molar-refractivity contribution in [1.29, 1.82) is 0 Å². The van der Waals surface area contributed by atoms with E-state index in [0.717, 1.165) is 22.9 Å². The molecule has 0 N–H and O–H groups in total. The number of amides is 1. The zero-order chi connectivity index (χ0) is 20.5. The molecule has 29 heavy (non-hydrogen) atoms. The molecule has 2 aromatic carbocycles. The minimum absolute atomic E-state index is 0.0594. The first kappa shape index (κ1) is 20.1. The molecule has 0 aliphatic carbocycles. The van der Waals surface area contributed by atoms with Gasteiger partial charge in [0.05, 0.1) is 11.4 Å². The fourth-order valence-electron chi connectivity index (χ4n) is 3.43. The SMILES string of the molecule is CCCN1C(=O)/C(=C/c2cn(Cc3c(F)cccc3Cl)c3ccccc23)SC1=S. The highest BCUT2D eigenvalue weighted by atomic mass is 35.5. The van der Waals surface area contributed by atoms with Crippen molar-refractivity contribution in [2.45, 2.75) is 19.9 Å². The predicted molar refractivity (Wildman–Crippen MR) is 123 cm³/mol. The van der Waals surface area contributed by atoms with Gasteiger partial charge < -0.3 is 4.57 Å². The molecule has 2 heterocycles. The molecule has 0 unspecified atom stereocenters. The molecular formula is C22H18ClFN2OS2. The van der Waals surface area contributed by atoms with Gasteiger partial charge in [-0.05, 0) is 30.7 Å². The molecule has 1 fully saturated rings. The number of carbonyl (C=O) groups excluding carboxylic acids is 1. The highest BCUT2D eigenvalue weighted by molar-refractivity contribution is 8.26. The second kappa shape index (κ2) is 8.30. The first-order chi connectivity index (χ1) is 14.0. The summed E-state index contributed by atoms with van der Waals surface area (Å²) in [6.07, 6.45) is 4.65. The number of benzene rings is 2. The Bertz CT molecular complexity index is 1130. The number of aromatic nitrogens is 1. The van der Waals surface area contributed by atoms with Crippen LogP contribution in [-0.4, -0.2) is 26.2 Å². The van der Waals surface area contributed by atoms with Gasteiger partial charge >= 0.3 is 0 Å². The summed E-state index contributed by atoms with van der Waals surface area (Å²) in [6, 6.07) is 12.5. The van der Waals surface area contributed by atoms with Crippen molar-refractivity contribution < 1.29 is 9.18 Å². The van der Waals surface area contributed by atoms with Crippen molar-refractivity contribution in [3.8, 4) is 0 Å². The van der Waals surface area contributed by atoms with E-state index in [4.69, 9.17) is 23.8 Å². The molecule has 0 spiro atoms. The Labute approximate surface area is 183 Å². The third-order valence-corrected chi connectivity index (χ3v) is 6.55. The largest absolute Gasteiger partial charge is 0.342 e. The number of para-hydroxylation sites is 1. The molecule has 1 saturated heterocycles. The highest BCUT2D eigenvalue weighted by Crippen LogP contribution is 2.35. The maximum Gasteiger partial charge on any atom is 0.266 e. The maximum absolute atomic E-state index is 14.3. The number of hydrogen-bond acceptors (Lipinski definition) is 3. The molecule has 148 valence electrons. The van der Waals surface area contributed by atoms with E-state index in [1.807, 2.05) is 48.0 Å². The van der Waals surface area contributed by atoms with Crippen LogP contribution >= 0.6 is 35.6 Å². The lowest BCUT2D eigenvalue weighted by Crippen LogP contribution is -2.28. The van der Waals surface area contributed by atoms with Gasteiger partial charge in [-0.3, -0.25) is 9.69 Å². The van der Waals surface area contributed by atoms with E-state index < -0.39 is 0 Å². The average molecular weight is 445 g/mol. The van der Waals surface area contributed by atoms with Crippen LogP contribution in [0.3, 0.4) is 0 Å². The van der Waals surface area contributed by atoms with E-state index in [2.05, 4.69) is 0 Å². The van der Waals surface area contributed by atoms with E-state index in [9.17, 15) is 9.18 Å². The zero-order valence-electron chi connectivity index (χ0n) is 15.7. The first-order valence-electron chi connectivity index (χ1n) is 9.25. The van der Waals surface area contributed by atoms with Gasteiger partial charge in [-0.2, -0.15) is 0 Å². The lowest BCUT2D eigenvalue weighted by atomic mass is 10.1. The van der Waals surface area contributed by atoms with Crippen LogP contribution in [0.15, 0.2) is 53.6 Å². The minimum Gasteiger partial charge on any atom is -0.342 e. The summed E-state index contributed by atoms with van der Waals surface area (Å²) < 4.78 is 16.8. The quantitative estimate of drug-likeness (QED) is 0.351. The van der Waals surface area contributed by atoms with E-state index in [1.54, 1.807) is 17.0 Å². The molecule has 3 nitrogen and oxygen atoms in total. The van der Waals surface area contributed by atoms with Gasteiger partial charge in [0, 0.05) is 39.8 Å². The number of fused-ring (bicyclic) bond motifs is 1. The van der Waals surface area contributed by atoms with Crippen molar-refractivity contribution >= 4 is 62.8 Å². The van der Waals surface area contributed by atoms with Crippen LogP contribution in [0.2, 0.25) is 5.02 Å². The lowest BCUT2D eigenvalue weighted by molar-refractivity contribution is -0.122. The Kier molecular flexibility index (Phi) is 5.76. The van der Waals surface area contributed by atoms with Gasteiger partial charge in [-0.25, -0.2) is 4.39 Å². The van der Waals surface area contributed by atoms with Crippen molar-refractivity contribution in [3.05, 3.63) is 75.5 Å². The van der Waals surface area contributed by atoms with E-state index >= 15 is 0 Å². The molecule has 1 aliphatic rings. The van der Waals surface area contributed by atoms with E-state index in [-0.39, 0.29) is 11.7 Å². The summed E-state index contributed by atoms with van der Waals surface area (Å²) >= 11 is 12.9. The normalized spacial score (nSPS) is 15.8. The van der Waals surface area contributed by atoms with Gasteiger partial charge in [-0.15, -0.1) is 0 Å². The van der Waals surface area contributed by atoms with Crippen LogP contribution in [0.1, 0.15) is 24.5 Å². The Hall–Kier alpha value is -2.15. The predicted octanol–water partition coefficient (Wildman–Crippen LogP) is 6.09. The molecule has 0 saturated carbocycles. The zero-order valence-corrected chi connectivity index (χ0v) is 18.1. The number of nitrogens with zero attached hydrogens (tertiary/aromatic N) is 2. The van der Waals surface area contributed by atoms with E-state index in [1.165, 1.54) is 17.8 Å². The Morgan fingerprint density at radius 1 is 1.21 bits per heavy atom. The third kappa shape index (κ3) is 3.84. The molecule has 0 bridgehead atoms. The molecule has 7 heteroatoms. The number of rotatable bonds is 5. The summed E-state index contributed by atoms with van der Waals surface area (Å²) in [4.78, 5) is 15.0. The number of thiocarbonyl (C=S) groups is 1. The Morgan fingerprint density at radius 2 is 2.00 bits per heavy atom. The van der Waals surface area contributed by atoms with Crippen molar-refractivity contribution in [2.24, 2.45) is 0 Å². The Balaban J connectivity index is 1.76. The lowest BCUT2D eigenvalue weighted by Gasteiger charge is -2.11. The second-order valence-corrected chi connectivity index (χ2v) is 8.85. The molecule has 1 aliphatic heterocycles. The van der Waals surface area contributed by atoms with Crippen molar-refractivity contribution in [1.82, 2.24) is 9.47 Å². The molecule has 4 rings (SSSR count). The van der Waals surface area contributed by atoms with E-state index in [0.29, 0.717) is 32.9 Å². The fraction of sp³-hybridized carbons (Fsp3) is 0.182. The van der Waals surface area contributed by atoms with Crippen molar-refractivity contribution in [2.75, 3.05) is 6.54 Å². The van der Waals surface area contributed by atoms with Gasteiger partial charge in [0.1, 0.15) is 10.1 Å².